The summed E-state index contributed by atoms with van der Waals surface area (Å²) in [5.41, 5.74) is 6.25. The first-order chi connectivity index (χ1) is 11.0. The molecule has 2 nitrogen and oxygen atoms in total. The van der Waals surface area contributed by atoms with Crippen LogP contribution in [0.1, 0.15) is 29.2 Å². The van der Waals surface area contributed by atoms with Crippen molar-refractivity contribution in [3.63, 3.8) is 0 Å². The lowest BCUT2D eigenvalue weighted by molar-refractivity contribution is -0.116. The van der Waals surface area contributed by atoms with Gasteiger partial charge in [0.15, 0.2) is 0 Å². The molecule has 1 atom stereocenters. The Kier molecular flexibility index (Phi) is 4.76. The minimum Gasteiger partial charge on any atom is -0.308 e. The molecule has 0 fully saturated rings. The maximum Gasteiger partial charge on any atom is 0.237 e. The van der Waals surface area contributed by atoms with Crippen LogP contribution in [0.15, 0.2) is 42.5 Å². The van der Waals surface area contributed by atoms with Crippen LogP contribution in [0, 0.1) is 13.8 Å². The Bertz CT molecular complexity index is 705. The van der Waals surface area contributed by atoms with Crippen molar-refractivity contribution >= 4 is 23.4 Å². The zero-order valence-corrected chi connectivity index (χ0v) is 14.8. The second-order valence-electron chi connectivity index (χ2n) is 6.43. The number of hydrogen-bond acceptors (Lipinski definition) is 2. The average molecular weight is 325 g/mol. The monoisotopic (exact) mass is 325 g/mol. The van der Waals surface area contributed by atoms with Crippen molar-refractivity contribution in [1.29, 1.82) is 0 Å². The number of nitrogens with zero attached hydrogens (tertiary/aromatic N) is 1. The van der Waals surface area contributed by atoms with E-state index in [2.05, 4.69) is 51.1 Å². The molecule has 1 aliphatic rings. The van der Waals surface area contributed by atoms with Gasteiger partial charge in [0.1, 0.15) is 0 Å². The predicted molar refractivity (Wildman–Crippen MR) is 99.2 cm³/mol. The highest BCUT2D eigenvalue weighted by Gasteiger charge is 2.30. The Labute approximate surface area is 142 Å². The molecule has 23 heavy (non-hydrogen) atoms. The SMILES string of the molecule is Cc1cc(C)cc(CSCC(=O)N2c3ccccc3C[C@H]2C)c1. The fourth-order valence-corrected chi connectivity index (χ4v) is 4.24. The third kappa shape index (κ3) is 3.61. The van der Waals surface area contributed by atoms with Gasteiger partial charge in [-0.25, -0.2) is 0 Å². The van der Waals surface area contributed by atoms with Gasteiger partial charge in [0.25, 0.3) is 0 Å². The number of para-hydroxylation sites is 1. The van der Waals surface area contributed by atoms with E-state index in [9.17, 15) is 4.79 Å². The third-order valence-corrected chi connectivity index (χ3v) is 5.24. The summed E-state index contributed by atoms with van der Waals surface area (Å²) in [5, 5.41) is 0. The largest absolute Gasteiger partial charge is 0.308 e. The summed E-state index contributed by atoms with van der Waals surface area (Å²) in [6, 6.07) is 15.1. The van der Waals surface area contributed by atoms with E-state index in [-0.39, 0.29) is 11.9 Å². The van der Waals surface area contributed by atoms with Gasteiger partial charge in [-0.05, 0) is 44.4 Å². The molecule has 0 saturated heterocycles. The van der Waals surface area contributed by atoms with Crippen LogP contribution in [0.5, 0.6) is 0 Å². The fraction of sp³-hybridized carbons (Fsp3) is 0.350. The maximum absolute atomic E-state index is 12.6. The van der Waals surface area contributed by atoms with Crippen LogP contribution in [0.4, 0.5) is 5.69 Å². The molecular formula is C20H23NOS. The third-order valence-electron chi connectivity index (χ3n) is 4.25. The number of aryl methyl sites for hydroxylation is 2. The Morgan fingerprint density at radius 2 is 1.87 bits per heavy atom. The number of carbonyl (C=O) groups is 1. The summed E-state index contributed by atoms with van der Waals surface area (Å²) < 4.78 is 0. The van der Waals surface area contributed by atoms with E-state index < -0.39 is 0 Å². The van der Waals surface area contributed by atoms with Gasteiger partial charge < -0.3 is 4.90 Å². The van der Waals surface area contributed by atoms with Crippen molar-refractivity contribution in [2.24, 2.45) is 0 Å². The van der Waals surface area contributed by atoms with Gasteiger partial charge >= 0.3 is 0 Å². The fourth-order valence-electron chi connectivity index (χ4n) is 3.42. The van der Waals surface area contributed by atoms with Crippen molar-refractivity contribution < 1.29 is 4.79 Å². The lowest BCUT2D eigenvalue weighted by Gasteiger charge is -2.22. The number of benzene rings is 2. The molecule has 0 radical (unpaired) electrons. The average Bonchev–Trinajstić information content (AvgIpc) is 2.82. The number of thioether (sulfide) groups is 1. The number of anilines is 1. The smallest absolute Gasteiger partial charge is 0.237 e. The van der Waals surface area contributed by atoms with Crippen molar-refractivity contribution in [3.05, 3.63) is 64.7 Å². The molecule has 1 heterocycles. The standard InChI is InChI=1S/C20H23NOS/c1-14-8-15(2)10-17(9-14)12-23-13-20(22)21-16(3)11-18-6-4-5-7-19(18)21/h4-10,16H,11-13H2,1-3H3/t16-/m1/s1. The number of hydrogen-bond donors (Lipinski definition) is 0. The van der Waals surface area contributed by atoms with Gasteiger partial charge in [0.2, 0.25) is 5.91 Å². The molecule has 2 aromatic rings. The predicted octanol–water partition coefficient (Wildman–Crippen LogP) is 4.51. The Hall–Kier alpha value is -1.74. The highest BCUT2D eigenvalue weighted by molar-refractivity contribution is 7.99. The van der Waals surface area contributed by atoms with Crippen LogP contribution in [-0.2, 0) is 17.0 Å². The van der Waals surface area contributed by atoms with E-state index in [4.69, 9.17) is 0 Å². The molecule has 0 N–H and O–H groups in total. The Balaban J connectivity index is 1.62. The molecule has 0 aromatic heterocycles. The zero-order valence-electron chi connectivity index (χ0n) is 14.0. The molecule has 0 unspecified atom stereocenters. The van der Waals surface area contributed by atoms with Crippen molar-refractivity contribution in [1.82, 2.24) is 0 Å². The number of carbonyl (C=O) groups excluding carboxylic acids is 1. The quantitative estimate of drug-likeness (QED) is 0.824. The molecule has 1 aliphatic heterocycles. The van der Waals surface area contributed by atoms with Gasteiger partial charge in [-0.1, -0.05) is 47.5 Å². The molecule has 3 heteroatoms. The molecule has 0 saturated carbocycles. The van der Waals surface area contributed by atoms with Crippen molar-refractivity contribution in [2.45, 2.75) is 39.0 Å². The van der Waals surface area contributed by atoms with Crippen LogP contribution >= 0.6 is 11.8 Å². The van der Waals surface area contributed by atoms with E-state index in [1.165, 1.54) is 22.3 Å². The minimum atomic E-state index is 0.219. The van der Waals surface area contributed by atoms with E-state index in [1.807, 2.05) is 17.0 Å². The van der Waals surface area contributed by atoms with Gasteiger partial charge in [-0.15, -0.1) is 11.8 Å². The second-order valence-corrected chi connectivity index (χ2v) is 7.42. The second kappa shape index (κ2) is 6.79. The van der Waals surface area contributed by atoms with Crippen molar-refractivity contribution in [3.8, 4) is 0 Å². The first-order valence-electron chi connectivity index (χ1n) is 8.09. The van der Waals surface area contributed by atoms with E-state index in [1.54, 1.807) is 11.8 Å². The molecule has 0 aliphatic carbocycles. The van der Waals surface area contributed by atoms with E-state index in [0.717, 1.165) is 17.9 Å². The highest BCUT2D eigenvalue weighted by atomic mass is 32.2. The minimum absolute atomic E-state index is 0.219. The summed E-state index contributed by atoms with van der Waals surface area (Å²) in [4.78, 5) is 14.6. The molecule has 2 aromatic carbocycles. The van der Waals surface area contributed by atoms with Crippen LogP contribution in [-0.4, -0.2) is 17.7 Å². The Morgan fingerprint density at radius 1 is 1.17 bits per heavy atom. The van der Waals surface area contributed by atoms with Crippen molar-refractivity contribution in [2.75, 3.05) is 10.7 Å². The lowest BCUT2D eigenvalue weighted by Crippen LogP contribution is -2.37. The molecule has 120 valence electrons. The number of amides is 1. The molecule has 0 bridgehead atoms. The Morgan fingerprint density at radius 3 is 2.61 bits per heavy atom. The molecule has 0 spiro atoms. The molecule has 1 amide bonds. The molecular weight excluding hydrogens is 302 g/mol. The van der Waals surface area contributed by atoms with E-state index >= 15 is 0 Å². The highest BCUT2D eigenvalue weighted by Crippen LogP contribution is 2.32. The van der Waals surface area contributed by atoms with Gasteiger partial charge in [-0.3, -0.25) is 4.79 Å². The first kappa shape index (κ1) is 16.1. The summed E-state index contributed by atoms with van der Waals surface area (Å²) in [6.07, 6.45) is 0.962. The zero-order chi connectivity index (χ0) is 16.4. The van der Waals surface area contributed by atoms with E-state index in [0.29, 0.717) is 5.75 Å². The maximum atomic E-state index is 12.6. The summed E-state index contributed by atoms with van der Waals surface area (Å²) in [6.45, 7) is 6.37. The lowest BCUT2D eigenvalue weighted by atomic mass is 10.1. The number of rotatable bonds is 4. The normalized spacial score (nSPS) is 16.5. The van der Waals surface area contributed by atoms with Gasteiger partial charge in [0.05, 0.1) is 5.75 Å². The topological polar surface area (TPSA) is 20.3 Å². The van der Waals surface area contributed by atoms with Crippen LogP contribution in [0.3, 0.4) is 0 Å². The first-order valence-corrected chi connectivity index (χ1v) is 9.25. The van der Waals surface area contributed by atoms with Crippen LogP contribution in [0.2, 0.25) is 0 Å². The summed E-state index contributed by atoms with van der Waals surface area (Å²) in [7, 11) is 0. The van der Waals surface area contributed by atoms with Crippen LogP contribution in [0.25, 0.3) is 0 Å². The van der Waals surface area contributed by atoms with Crippen LogP contribution < -0.4 is 4.90 Å². The summed E-state index contributed by atoms with van der Waals surface area (Å²) >= 11 is 1.70. The molecule has 3 rings (SSSR count). The van der Waals surface area contributed by atoms with Gasteiger partial charge in [0, 0.05) is 17.5 Å². The number of fused-ring (bicyclic) bond motifs is 1. The van der Waals surface area contributed by atoms with Gasteiger partial charge in [-0.2, -0.15) is 0 Å². The summed E-state index contributed by atoms with van der Waals surface area (Å²) in [5.74, 6) is 1.64.